The molecule has 0 spiro atoms. The third kappa shape index (κ3) is 2.42. The monoisotopic (exact) mass is 750 g/mol. The van der Waals surface area contributed by atoms with Crippen LogP contribution in [-0.4, -0.2) is 0 Å². The predicted molar refractivity (Wildman–Crippen MR) is 137 cm³/mol. The minimum Gasteiger partial charge on any atom is -0.0496 e. The van der Waals surface area contributed by atoms with Gasteiger partial charge in [0.15, 0.2) is 0 Å². The molecule has 6 heteroatoms. The van der Waals surface area contributed by atoms with Crippen molar-refractivity contribution in [1.82, 2.24) is 0 Å². The van der Waals surface area contributed by atoms with Crippen LogP contribution in [0.25, 0.3) is 0 Å². The standard InChI is InChI=1S/C22H12Br6/c1-21-9-3-15(23)18(26)6-12(9)22(2,13-7-19(27)16(24)4-10(13)21)14-8-20(28)17(25)5-11(14)21/h3-8H,1-2H3. The largest absolute Gasteiger partial charge is 0.0496 e. The summed E-state index contributed by atoms with van der Waals surface area (Å²) in [5.41, 5.74) is 7.65. The summed E-state index contributed by atoms with van der Waals surface area (Å²) in [5, 5.41) is 0. The summed E-state index contributed by atoms with van der Waals surface area (Å²) in [5.74, 6) is 0. The lowest BCUT2D eigenvalue weighted by Crippen LogP contribution is -2.48. The van der Waals surface area contributed by atoms with E-state index in [0.29, 0.717) is 0 Å². The smallest absolute Gasteiger partial charge is 0.0434 e. The first-order valence-corrected chi connectivity index (χ1v) is 13.4. The Bertz CT molecular complexity index is 970. The molecular weight excluding hydrogens is 744 g/mol. The molecule has 142 valence electrons. The molecule has 3 aliphatic carbocycles. The Labute approximate surface area is 214 Å². The molecule has 3 aromatic carbocycles. The fourth-order valence-electron chi connectivity index (χ4n) is 4.99. The van der Waals surface area contributed by atoms with Crippen LogP contribution in [0.3, 0.4) is 0 Å². The minimum atomic E-state index is -0.243. The molecule has 0 fully saturated rings. The Morgan fingerprint density at radius 2 is 0.536 bits per heavy atom. The van der Waals surface area contributed by atoms with Crippen LogP contribution in [0.5, 0.6) is 0 Å². The van der Waals surface area contributed by atoms with Crippen molar-refractivity contribution in [3.8, 4) is 0 Å². The maximum absolute atomic E-state index is 3.74. The Hall–Kier alpha value is 0.540. The first-order valence-electron chi connectivity index (χ1n) is 8.60. The summed E-state index contributed by atoms with van der Waals surface area (Å²) in [7, 11) is 0. The predicted octanol–water partition coefficient (Wildman–Crippen LogP) is 9.60. The second-order valence-corrected chi connectivity index (χ2v) is 12.8. The second-order valence-electron chi connectivity index (χ2n) is 7.69. The van der Waals surface area contributed by atoms with Crippen LogP contribution in [0.1, 0.15) is 47.2 Å². The van der Waals surface area contributed by atoms with Crippen molar-refractivity contribution in [2.45, 2.75) is 24.7 Å². The molecule has 3 aliphatic rings. The molecule has 3 aromatic rings. The van der Waals surface area contributed by atoms with E-state index in [0.717, 1.165) is 26.8 Å². The molecule has 0 N–H and O–H groups in total. The fraction of sp³-hybridized carbons (Fsp3) is 0.182. The van der Waals surface area contributed by atoms with Crippen LogP contribution < -0.4 is 0 Å². The van der Waals surface area contributed by atoms with Crippen molar-refractivity contribution in [2.24, 2.45) is 0 Å². The van der Waals surface area contributed by atoms with E-state index in [2.05, 4.69) is 146 Å². The second kappa shape index (κ2) is 6.52. The highest BCUT2D eigenvalue weighted by atomic mass is 79.9. The lowest BCUT2D eigenvalue weighted by atomic mass is 9.48. The van der Waals surface area contributed by atoms with Gasteiger partial charge in [-0.05, 0) is 179 Å². The summed E-state index contributed by atoms with van der Waals surface area (Å²) in [6, 6.07) is 13.7. The highest BCUT2D eigenvalue weighted by Gasteiger charge is 2.55. The molecule has 0 amide bonds. The number of rotatable bonds is 0. The SMILES string of the molecule is CC12c3cc(Br)c(Br)cc3C(C)(c3cc(Br)c(Br)cc31)c1cc(Br)c(Br)cc12. The van der Waals surface area contributed by atoms with Gasteiger partial charge in [0, 0.05) is 37.7 Å². The third-order valence-corrected chi connectivity index (χ3v) is 11.9. The van der Waals surface area contributed by atoms with Gasteiger partial charge in [-0.25, -0.2) is 0 Å². The van der Waals surface area contributed by atoms with Crippen molar-refractivity contribution in [3.05, 3.63) is 96.6 Å². The van der Waals surface area contributed by atoms with E-state index in [9.17, 15) is 0 Å². The molecule has 6 rings (SSSR count). The van der Waals surface area contributed by atoms with E-state index in [1.54, 1.807) is 0 Å². The minimum absolute atomic E-state index is 0.243. The topological polar surface area (TPSA) is 0 Å². The maximum Gasteiger partial charge on any atom is 0.0434 e. The van der Waals surface area contributed by atoms with Crippen LogP contribution in [0.15, 0.2) is 63.2 Å². The van der Waals surface area contributed by atoms with Gasteiger partial charge < -0.3 is 0 Å². The van der Waals surface area contributed by atoms with E-state index < -0.39 is 0 Å². The molecule has 0 unspecified atom stereocenters. The first kappa shape index (κ1) is 20.4. The highest BCUT2D eigenvalue weighted by Crippen LogP contribution is 2.63. The molecule has 0 heterocycles. The summed E-state index contributed by atoms with van der Waals surface area (Å²) in [6.07, 6.45) is 0. The summed E-state index contributed by atoms with van der Waals surface area (Å²) < 4.78 is 6.49. The first-order chi connectivity index (χ1) is 13.1. The van der Waals surface area contributed by atoms with Crippen LogP contribution in [-0.2, 0) is 10.8 Å². The molecule has 0 nitrogen and oxygen atoms in total. The molecule has 0 aromatic heterocycles. The molecule has 0 aliphatic heterocycles. The van der Waals surface area contributed by atoms with Gasteiger partial charge >= 0.3 is 0 Å². The van der Waals surface area contributed by atoms with E-state index in [-0.39, 0.29) is 10.8 Å². The quantitative estimate of drug-likeness (QED) is 0.215. The van der Waals surface area contributed by atoms with Gasteiger partial charge in [0.2, 0.25) is 0 Å². The van der Waals surface area contributed by atoms with Gasteiger partial charge in [-0.2, -0.15) is 0 Å². The van der Waals surface area contributed by atoms with Crippen molar-refractivity contribution in [2.75, 3.05) is 0 Å². The van der Waals surface area contributed by atoms with Gasteiger partial charge in [0.1, 0.15) is 0 Å². The number of hydrogen-bond donors (Lipinski definition) is 0. The Morgan fingerprint density at radius 3 is 0.679 bits per heavy atom. The molecule has 0 saturated carbocycles. The zero-order valence-electron chi connectivity index (χ0n) is 14.7. The van der Waals surface area contributed by atoms with Gasteiger partial charge in [0.25, 0.3) is 0 Å². The summed E-state index contributed by atoms with van der Waals surface area (Å²) in [4.78, 5) is 0. The molecule has 28 heavy (non-hydrogen) atoms. The van der Waals surface area contributed by atoms with Gasteiger partial charge in [0.05, 0.1) is 0 Å². The number of benzene rings is 3. The van der Waals surface area contributed by atoms with Gasteiger partial charge in [-0.15, -0.1) is 0 Å². The van der Waals surface area contributed by atoms with E-state index in [4.69, 9.17) is 0 Å². The molecular formula is C22H12Br6. The molecule has 2 bridgehead atoms. The Balaban J connectivity index is 2.03. The Kier molecular flexibility index (Phi) is 4.76. The summed E-state index contributed by atoms with van der Waals surface area (Å²) >= 11 is 22.4. The van der Waals surface area contributed by atoms with Crippen molar-refractivity contribution in [3.63, 3.8) is 0 Å². The van der Waals surface area contributed by atoms with Gasteiger partial charge in [-0.3, -0.25) is 0 Å². The zero-order chi connectivity index (χ0) is 20.2. The van der Waals surface area contributed by atoms with Gasteiger partial charge in [-0.1, -0.05) is 0 Å². The zero-order valence-corrected chi connectivity index (χ0v) is 24.2. The van der Waals surface area contributed by atoms with Crippen LogP contribution >= 0.6 is 95.6 Å². The number of halogens is 6. The maximum atomic E-state index is 3.74. The molecule has 0 saturated heterocycles. The lowest BCUT2D eigenvalue weighted by Gasteiger charge is -2.54. The third-order valence-electron chi connectivity index (χ3n) is 6.41. The van der Waals surface area contributed by atoms with E-state index in [1.165, 1.54) is 33.4 Å². The van der Waals surface area contributed by atoms with E-state index >= 15 is 0 Å². The molecule has 0 atom stereocenters. The normalized spacial score (nSPS) is 24.0. The van der Waals surface area contributed by atoms with Crippen molar-refractivity contribution in [1.29, 1.82) is 0 Å². The van der Waals surface area contributed by atoms with Crippen molar-refractivity contribution < 1.29 is 0 Å². The average Bonchev–Trinajstić information content (AvgIpc) is 2.64. The van der Waals surface area contributed by atoms with E-state index in [1.807, 2.05) is 0 Å². The average molecular weight is 756 g/mol. The fourth-order valence-corrected chi connectivity index (χ4v) is 7.05. The Morgan fingerprint density at radius 1 is 0.393 bits per heavy atom. The van der Waals surface area contributed by atoms with Crippen molar-refractivity contribution >= 4 is 95.6 Å². The highest BCUT2D eigenvalue weighted by molar-refractivity contribution is 9.13. The number of hydrogen-bond acceptors (Lipinski definition) is 0. The lowest BCUT2D eigenvalue weighted by molar-refractivity contribution is 0.509. The van der Waals surface area contributed by atoms with Crippen LogP contribution in [0.4, 0.5) is 0 Å². The molecule has 0 radical (unpaired) electrons. The summed E-state index contributed by atoms with van der Waals surface area (Å²) in [6.45, 7) is 4.70. The van der Waals surface area contributed by atoms with Crippen LogP contribution in [0, 0.1) is 0 Å². The van der Waals surface area contributed by atoms with Crippen LogP contribution in [0.2, 0.25) is 0 Å².